The lowest BCUT2D eigenvalue weighted by atomic mass is 9.98. The van der Waals surface area contributed by atoms with Gasteiger partial charge in [-0.3, -0.25) is 10.1 Å². The highest BCUT2D eigenvalue weighted by Gasteiger charge is 2.18. The van der Waals surface area contributed by atoms with Crippen LogP contribution in [0.2, 0.25) is 0 Å². The molecule has 39 heavy (non-hydrogen) atoms. The number of hydrogen-bond donors (Lipinski definition) is 3. The lowest BCUT2D eigenvalue weighted by Crippen LogP contribution is -2.35. The summed E-state index contributed by atoms with van der Waals surface area (Å²) in [6.07, 6.45) is 9.33. The van der Waals surface area contributed by atoms with Crippen molar-refractivity contribution in [2.45, 2.75) is 26.2 Å². The summed E-state index contributed by atoms with van der Waals surface area (Å²) in [6.45, 7) is 5.84. The molecular formula is C27H31FN8O3. The molecule has 5 rings (SSSR count). The first-order valence-corrected chi connectivity index (χ1v) is 12.9. The Balaban J connectivity index is 1.18. The number of aliphatic hydroxyl groups excluding tert-OH is 1. The number of ether oxygens (including phenoxy) is 1. The van der Waals surface area contributed by atoms with Crippen molar-refractivity contribution < 1.29 is 19.0 Å². The highest BCUT2D eigenvalue weighted by Crippen LogP contribution is 2.29. The third-order valence-electron chi connectivity index (χ3n) is 6.85. The Hall–Kier alpha value is -4.16. The van der Waals surface area contributed by atoms with Crippen LogP contribution in [0.25, 0.3) is 5.52 Å². The first-order chi connectivity index (χ1) is 19.0. The highest BCUT2D eigenvalue weighted by atomic mass is 19.1. The molecule has 1 saturated heterocycles. The van der Waals surface area contributed by atoms with Gasteiger partial charge in [0.25, 0.3) is 5.91 Å². The zero-order valence-corrected chi connectivity index (χ0v) is 21.7. The third kappa shape index (κ3) is 6.47. The number of halogens is 1. The second-order valence-electron chi connectivity index (χ2n) is 9.57. The van der Waals surface area contributed by atoms with E-state index in [9.17, 15) is 14.3 Å². The van der Waals surface area contributed by atoms with Crippen LogP contribution in [-0.4, -0.2) is 73.3 Å². The van der Waals surface area contributed by atoms with Gasteiger partial charge in [0.05, 0.1) is 30.9 Å². The number of amides is 1. The van der Waals surface area contributed by atoms with E-state index in [1.54, 1.807) is 4.52 Å². The molecule has 1 amide bonds. The summed E-state index contributed by atoms with van der Waals surface area (Å²) in [5.41, 5.74) is 2.41. The normalized spacial score (nSPS) is 14.4. The van der Waals surface area contributed by atoms with Crippen LogP contribution < -0.4 is 15.4 Å². The van der Waals surface area contributed by atoms with E-state index in [4.69, 9.17) is 4.74 Å². The molecule has 0 spiro atoms. The molecule has 3 N–H and O–H groups in total. The maximum atomic E-state index is 13.4. The third-order valence-corrected chi connectivity index (χ3v) is 6.85. The topological polar surface area (TPSA) is 130 Å². The molecule has 1 aliphatic rings. The maximum Gasteiger partial charge on any atom is 0.258 e. The summed E-state index contributed by atoms with van der Waals surface area (Å²) in [5, 5.41) is 19.4. The number of rotatable bonds is 10. The van der Waals surface area contributed by atoms with Crippen molar-refractivity contribution >= 4 is 28.9 Å². The molecule has 0 aliphatic carbocycles. The average Bonchev–Trinajstić information content (AvgIpc) is 3.28. The predicted octanol–water partition coefficient (Wildman–Crippen LogP) is 3.44. The molecule has 0 atom stereocenters. The number of anilines is 3. The Morgan fingerprint density at radius 2 is 2.00 bits per heavy atom. The smallest absolute Gasteiger partial charge is 0.258 e. The van der Waals surface area contributed by atoms with Gasteiger partial charge in [0.1, 0.15) is 23.4 Å². The number of piperidine rings is 1. The van der Waals surface area contributed by atoms with Crippen LogP contribution in [0.4, 0.5) is 21.8 Å². The van der Waals surface area contributed by atoms with Gasteiger partial charge in [0, 0.05) is 24.3 Å². The van der Waals surface area contributed by atoms with Crippen molar-refractivity contribution in [2.24, 2.45) is 5.92 Å². The molecule has 204 valence electrons. The van der Waals surface area contributed by atoms with Gasteiger partial charge < -0.3 is 20.1 Å². The zero-order valence-electron chi connectivity index (χ0n) is 21.7. The molecule has 0 saturated carbocycles. The predicted molar refractivity (Wildman–Crippen MR) is 144 cm³/mol. The molecule has 0 bridgehead atoms. The zero-order chi connectivity index (χ0) is 27.2. The summed E-state index contributed by atoms with van der Waals surface area (Å²) in [7, 11) is 0. The first kappa shape index (κ1) is 26.4. The Kier molecular flexibility index (Phi) is 8.23. The molecule has 4 aromatic rings. The Bertz CT molecular complexity index is 1420. The van der Waals surface area contributed by atoms with Crippen molar-refractivity contribution in [3.63, 3.8) is 0 Å². The average molecular weight is 535 g/mol. The van der Waals surface area contributed by atoms with E-state index in [2.05, 4.69) is 35.6 Å². The van der Waals surface area contributed by atoms with Crippen molar-refractivity contribution in [1.29, 1.82) is 0 Å². The number of aromatic nitrogens is 5. The fraction of sp³-hybridized carbons (Fsp3) is 0.370. The van der Waals surface area contributed by atoms with Crippen molar-refractivity contribution in [3.8, 4) is 5.75 Å². The molecule has 11 nitrogen and oxygen atoms in total. The summed E-state index contributed by atoms with van der Waals surface area (Å²) in [5.74, 6) is 0.831. The van der Waals surface area contributed by atoms with Gasteiger partial charge >= 0.3 is 0 Å². The van der Waals surface area contributed by atoms with E-state index >= 15 is 0 Å². The summed E-state index contributed by atoms with van der Waals surface area (Å²) < 4.78 is 21.2. The van der Waals surface area contributed by atoms with Gasteiger partial charge in [-0.15, -0.1) is 0 Å². The molecule has 0 unspecified atom stereocenters. The minimum absolute atomic E-state index is 0.0926. The lowest BCUT2D eigenvalue weighted by molar-refractivity contribution is 0.102. The number of carbonyl (C=O) groups excluding carboxylic acids is 1. The van der Waals surface area contributed by atoms with E-state index in [0.29, 0.717) is 24.0 Å². The van der Waals surface area contributed by atoms with Crippen molar-refractivity contribution in [3.05, 3.63) is 66.1 Å². The minimum Gasteiger partial charge on any atom is -0.492 e. The van der Waals surface area contributed by atoms with Gasteiger partial charge in [0.2, 0.25) is 5.95 Å². The SMILES string of the molecule is Cc1c(OCCCN2CCC(CO)CC2)cn2ncnc(Nc3cnc(NC(=O)c4cccc(F)c4)nc3)c12. The molecule has 0 radical (unpaired) electrons. The number of benzene rings is 1. The van der Waals surface area contributed by atoms with Crippen LogP contribution in [0, 0.1) is 18.7 Å². The Morgan fingerprint density at radius 3 is 2.74 bits per heavy atom. The second kappa shape index (κ2) is 12.1. The maximum absolute atomic E-state index is 13.4. The number of nitrogens with one attached hydrogen (secondary N) is 2. The van der Waals surface area contributed by atoms with Crippen LogP contribution >= 0.6 is 0 Å². The monoisotopic (exact) mass is 534 g/mol. The van der Waals surface area contributed by atoms with Crippen molar-refractivity contribution in [2.75, 3.05) is 43.5 Å². The number of carbonyl (C=O) groups is 1. The molecule has 1 fully saturated rings. The first-order valence-electron chi connectivity index (χ1n) is 12.9. The van der Waals surface area contributed by atoms with E-state index in [0.717, 1.165) is 61.8 Å². The molecule has 1 aliphatic heterocycles. The molecule has 1 aromatic carbocycles. The second-order valence-corrected chi connectivity index (χ2v) is 9.57. The fourth-order valence-electron chi connectivity index (χ4n) is 4.64. The number of fused-ring (bicyclic) bond motifs is 1. The fourth-order valence-corrected chi connectivity index (χ4v) is 4.64. The number of aryl methyl sites for hydroxylation is 1. The van der Waals surface area contributed by atoms with Crippen molar-refractivity contribution in [1.82, 2.24) is 29.5 Å². The highest BCUT2D eigenvalue weighted by molar-refractivity contribution is 6.03. The molecule has 3 aromatic heterocycles. The number of likely N-dealkylation sites (tertiary alicyclic amines) is 1. The number of nitrogens with zero attached hydrogens (tertiary/aromatic N) is 6. The van der Waals surface area contributed by atoms with Gasteiger partial charge in [-0.1, -0.05) is 6.07 Å². The van der Waals surface area contributed by atoms with Gasteiger partial charge in [-0.2, -0.15) is 5.10 Å². The van der Waals surface area contributed by atoms with Crippen LogP contribution in [0.15, 0.2) is 49.2 Å². The Labute approximate surface area is 225 Å². The van der Waals surface area contributed by atoms with Crippen LogP contribution in [0.5, 0.6) is 5.75 Å². The van der Waals surface area contributed by atoms with E-state index in [-0.39, 0.29) is 18.1 Å². The van der Waals surface area contributed by atoms with E-state index in [1.807, 2.05) is 13.1 Å². The van der Waals surface area contributed by atoms with E-state index < -0.39 is 11.7 Å². The Morgan fingerprint density at radius 1 is 1.21 bits per heavy atom. The standard InChI is InChI=1S/C27H31FN8O3/c1-18-23(39-11-3-8-35-9-6-19(16-37)7-10-35)15-36-24(18)25(31-17-32-36)33-22-13-29-27(30-14-22)34-26(38)20-4-2-5-21(28)12-20/h2,4-5,12-15,17,19,37H,3,6-11,16H2,1H3,(H,31,32,33)(H,29,30,34,38). The summed E-state index contributed by atoms with van der Waals surface area (Å²) in [4.78, 5) is 27.5. The summed E-state index contributed by atoms with van der Waals surface area (Å²) >= 11 is 0. The minimum atomic E-state index is -0.504. The lowest BCUT2D eigenvalue weighted by Gasteiger charge is -2.30. The van der Waals surface area contributed by atoms with Crippen LogP contribution in [-0.2, 0) is 0 Å². The molecule has 12 heteroatoms. The van der Waals surface area contributed by atoms with Crippen LogP contribution in [0.1, 0.15) is 35.2 Å². The molecule has 4 heterocycles. The molecular weight excluding hydrogens is 503 g/mol. The van der Waals surface area contributed by atoms with Gasteiger partial charge in [-0.05, 0) is 63.4 Å². The quantitative estimate of drug-likeness (QED) is 0.262. The van der Waals surface area contributed by atoms with Gasteiger partial charge in [-0.25, -0.2) is 23.9 Å². The van der Waals surface area contributed by atoms with Crippen LogP contribution in [0.3, 0.4) is 0 Å². The number of hydrogen-bond acceptors (Lipinski definition) is 9. The van der Waals surface area contributed by atoms with E-state index in [1.165, 1.54) is 36.9 Å². The largest absolute Gasteiger partial charge is 0.492 e. The number of aliphatic hydroxyl groups is 1. The summed E-state index contributed by atoms with van der Waals surface area (Å²) in [6, 6.07) is 5.39. The van der Waals surface area contributed by atoms with Gasteiger partial charge in [0.15, 0.2) is 5.82 Å².